The summed E-state index contributed by atoms with van der Waals surface area (Å²) >= 11 is 0. The lowest BCUT2D eigenvalue weighted by Gasteiger charge is -2.20. The SMILES string of the molecule is CO/N=C(\C)c1ccc(C(C)(C)C)cc1OC(C)=O. The monoisotopic (exact) mass is 263 g/mol. The first-order valence-electron chi connectivity index (χ1n) is 6.16. The highest BCUT2D eigenvalue weighted by molar-refractivity contribution is 6.01. The Morgan fingerprint density at radius 2 is 1.84 bits per heavy atom. The van der Waals surface area contributed by atoms with Crippen LogP contribution >= 0.6 is 0 Å². The molecule has 1 aromatic rings. The van der Waals surface area contributed by atoms with Crippen molar-refractivity contribution in [3.63, 3.8) is 0 Å². The van der Waals surface area contributed by atoms with Gasteiger partial charge in [0.15, 0.2) is 0 Å². The third kappa shape index (κ3) is 4.09. The Labute approximate surface area is 114 Å². The Morgan fingerprint density at radius 3 is 2.32 bits per heavy atom. The van der Waals surface area contributed by atoms with Gasteiger partial charge in [-0.25, -0.2) is 0 Å². The number of rotatable bonds is 3. The molecular weight excluding hydrogens is 242 g/mol. The van der Waals surface area contributed by atoms with Crippen LogP contribution in [0.25, 0.3) is 0 Å². The molecule has 1 aromatic carbocycles. The van der Waals surface area contributed by atoms with Crippen molar-refractivity contribution in [3.05, 3.63) is 29.3 Å². The van der Waals surface area contributed by atoms with Crippen molar-refractivity contribution in [1.82, 2.24) is 0 Å². The molecule has 1 rings (SSSR count). The van der Waals surface area contributed by atoms with E-state index in [2.05, 4.69) is 25.9 Å². The molecule has 0 aliphatic heterocycles. The van der Waals surface area contributed by atoms with Crippen LogP contribution in [0.3, 0.4) is 0 Å². The molecule has 0 heterocycles. The molecule has 104 valence electrons. The average molecular weight is 263 g/mol. The Bertz CT molecular complexity index is 499. The number of benzene rings is 1. The number of oxime groups is 1. The average Bonchev–Trinajstić information content (AvgIpc) is 2.27. The van der Waals surface area contributed by atoms with Crippen molar-refractivity contribution >= 4 is 11.7 Å². The lowest BCUT2D eigenvalue weighted by atomic mass is 9.86. The van der Waals surface area contributed by atoms with E-state index < -0.39 is 0 Å². The van der Waals surface area contributed by atoms with Gasteiger partial charge in [-0.15, -0.1) is 0 Å². The van der Waals surface area contributed by atoms with Crippen LogP contribution < -0.4 is 4.74 Å². The zero-order chi connectivity index (χ0) is 14.6. The summed E-state index contributed by atoms with van der Waals surface area (Å²) < 4.78 is 5.27. The maximum atomic E-state index is 11.2. The molecule has 0 aromatic heterocycles. The van der Waals surface area contributed by atoms with Crippen LogP contribution in [-0.2, 0) is 15.0 Å². The van der Waals surface area contributed by atoms with E-state index >= 15 is 0 Å². The Kier molecular flexibility index (Phi) is 4.70. The smallest absolute Gasteiger partial charge is 0.308 e. The number of nitrogens with zero attached hydrogens (tertiary/aromatic N) is 1. The first kappa shape index (κ1) is 15.2. The zero-order valence-corrected chi connectivity index (χ0v) is 12.4. The van der Waals surface area contributed by atoms with Crippen LogP contribution in [0.5, 0.6) is 5.75 Å². The highest BCUT2D eigenvalue weighted by Gasteiger charge is 2.18. The third-order valence-corrected chi connectivity index (χ3v) is 2.72. The Balaban J connectivity index is 3.32. The highest BCUT2D eigenvalue weighted by Crippen LogP contribution is 2.29. The summed E-state index contributed by atoms with van der Waals surface area (Å²) in [6, 6.07) is 5.79. The quantitative estimate of drug-likeness (QED) is 0.364. The minimum absolute atomic E-state index is 0.0142. The molecule has 0 unspecified atom stereocenters. The number of hydrogen-bond donors (Lipinski definition) is 0. The minimum Gasteiger partial charge on any atom is -0.426 e. The molecule has 0 saturated carbocycles. The molecule has 0 saturated heterocycles. The lowest BCUT2D eigenvalue weighted by molar-refractivity contribution is -0.131. The van der Waals surface area contributed by atoms with Crippen LogP contribution in [0.4, 0.5) is 0 Å². The van der Waals surface area contributed by atoms with Gasteiger partial charge in [0.25, 0.3) is 0 Å². The van der Waals surface area contributed by atoms with E-state index in [0.717, 1.165) is 11.1 Å². The fourth-order valence-corrected chi connectivity index (χ4v) is 1.71. The molecule has 0 aliphatic carbocycles. The molecule has 0 bridgehead atoms. The van der Waals surface area contributed by atoms with Crippen LogP contribution in [-0.4, -0.2) is 18.8 Å². The van der Waals surface area contributed by atoms with E-state index in [0.29, 0.717) is 11.5 Å². The zero-order valence-electron chi connectivity index (χ0n) is 12.4. The van der Waals surface area contributed by atoms with Crippen LogP contribution in [0, 0.1) is 0 Å². The van der Waals surface area contributed by atoms with Crippen LogP contribution in [0.15, 0.2) is 23.4 Å². The summed E-state index contributed by atoms with van der Waals surface area (Å²) in [5.41, 5.74) is 2.50. The van der Waals surface area contributed by atoms with Crippen molar-refractivity contribution in [1.29, 1.82) is 0 Å². The first-order valence-corrected chi connectivity index (χ1v) is 6.16. The van der Waals surface area contributed by atoms with Gasteiger partial charge in [-0.1, -0.05) is 32.0 Å². The lowest BCUT2D eigenvalue weighted by Crippen LogP contribution is -2.13. The fraction of sp³-hybridized carbons (Fsp3) is 0.467. The Hall–Kier alpha value is -1.84. The summed E-state index contributed by atoms with van der Waals surface area (Å²) in [7, 11) is 1.48. The number of ether oxygens (including phenoxy) is 1. The molecule has 0 fully saturated rings. The maximum Gasteiger partial charge on any atom is 0.308 e. The normalized spacial score (nSPS) is 12.2. The van der Waals surface area contributed by atoms with Gasteiger partial charge in [0.1, 0.15) is 12.9 Å². The molecule has 4 heteroatoms. The van der Waals surface area contributed by atoms with Crippen molar-refractivity contribution in [2.45, 2.75) is 40.0 Å². The maximum absolute atomic E-state index is 11.2. The van der Waals surface area contributed by atoms with Gasteiger partial charge in [0, 0.05) is 12.5 Å². The molecule has 0 N–H and O–H groups in total. The summed E-state index contributed by atoms with van der Waals surface area (Å²) in [4.78, 5) is 16.0. The molecule has 0 atom stereocenters. The molecule has 0 radical (unpaired) electrons. The minimum atomic E-state index is -0.350. The van der Waals surface area contributed by atoms with Gasteiger partial charge in [-0.05, 0) is 30.0 Å². The van der Waals surface area contributed by atoms with Crippen molar-refractivity contribution < 1.29 is 14.4 Å². The molecule has 19 heavy (non-hydrogen) atoms. The highest BCUT2D eigenvalue weighted by atomic mass is 16.6. The van der Waals surface area contributed by atoms with E-state index in [1.807, 2.05) is 25.1 Å². The summed E-state index contributed by atoms with van der Waals surface area (Å²) in [5.74, 6) is 0.163. The number of carbonyl (C=O) groups is 1. The van der Waals surface area contributed by atoms with E-state index in [4.69, 9.17) is 9.57 Å². The molecule has 0 spiro atoms. The van der Waals surface area contributed by atoms with Crippen molar-refractivity contribution in [2.75, 3.05) is 7.11 Å². The van der Waals surface area contributed by atoms with Crippen molar-refractivity contribution in [2.24, 2.45) is 5.16 Å². The largest absolute Gasteiger partial charge is 0.426 e. The van der Waals surface area contributed by atoms with Gasteiger partial charge in [-0.3, -0.25) is 4.79 Å². The van der Waals surface area contributed by atoms with E-state index in [1.165, 1.54) is 14.0 Å². The Morgan fingerprint density at radius 1 is 1.21 bits per heavy atom. The van der Waals surface area contributed by atoms with E-state index in [9.17, 15) is 4.79 Å². The van der Waals surface area contributed by atoms with Gasteiger partial charge in [-0.2, -0.15) is 0 Å². The van der Waals surface area contributed by atoms with Gasteiger partial charge in [0.05, 0.1) is 5.71 Å². The standard InChI is InChI=1S/C15H21NO3/c1-10(16-18-6)13-8-7-12(15(3,4)5)9-14(13)19-11(2)17/h7-9H,1-6H3/b16-10+. The van der Waals surface area contributed by atoms with Crippen LogP contribution in [0.2, 0.25) is 0 Å². The summed E-state index contributed by atoms with van der Waals surface area (Å²) in [6.45, 7) is 9.51. The molecule has 0 aliphatic rings. The van der Waals surface area contributed by atoms with E-state index in [-0.39, 0.29) is 11.4 Å². The molecule has 4 nitrogen and oxygen atoms in total. The first-order chi connectivity index (χ1) is 8.75. The number of carbonyl (C=O) groups excluding carboxylic acids is 1. The van der Waals surface area contributed by atoms with Gasteiger partial charge < -0.3 is 9.57 Å². The van der Waals surface area contributed by atoms with E-state index in [1.54, 1.807) is 0 Å². The number of hydrogen-bond acceptors (Lipinski definition) is 4. The van der Waals surface area contributed by atoms with Crippen LogP contribution in [0.1, 0.15) is 45.7 Å². The second-order valence-electron chi connectivity index (χ2n) is 5.41. The van der Waals surface area contributed by atoms with Gasteiger partial charge in [0.2, 0.25) is 0 Å². The molecular formula is C15H21NO3. The predicted octanol–water partition coefficient (Wildman–Crippen LogP) is 3.28. The summed E-state index contributed by atoms with van der Waals surface area (Å²) in [6.07, 6.45) is 0. The van der Waals surface area contributed by atoms with Gasteiger partial charge >= 0.3 is 5.97 Å². The molecule has 0 amide bonds. The second kappa shape index (κ2) is 5.87. The van der Waals surface area contributed by atoms with Crippen molar-refractivity contribution in [3.8, 4) is 5.75 Å². The fourth-order valence-electron chi connectivity index (χ4n) is 1.71. The topological polar surface area (TPSA) is 47.9 Å². The number of esters is 1. The third-order valence-electron chi connectivity index (χ3n) is 2.72. The predicted molar refractivity (Wildman–Crippen MR) is 75.7 cm³/mol. The second-order valence-corrected chi connectivity index (χ2v) is 5.41. The summed E-state index contributed by atoms with van der Waals surface area (Å²) in [5, 5.41) is 3.88.